The molecule has 6 nitrogen and oxygen atoms in total. The molecular formula is C16H15ClN4O2. The van der Waals surface area contributed by atoms with Crippen LogP contribution < -0.4 is 5.32 Å². The van der Waals surface area contributed by atoms with E-state index in [2.05, 4.69) is 22.0 Å². The second-order valence-electron chi connectivity index (χ2n) is 5.03. The minimum Gasteiger partial charge on any atom is -0.458 e. The molecule has 0 unspecified atom stereocenters. The van der Waals surface area contributed by atoms with Crippen molar-refractivity contribution in [3.05, 3.63) is 65.1 Å². The summed E-state index contributed by atoms with van der Waals surface area (Å²) in [4.78, 5) is 16.7. The molecule has 1 aromatic heterocycles. The molecule has 0 spiro atoms. The van der Waals surface area contributed by atoms with Gasteiger partial charge in [0.15, 0.2) is 0 Å². The Morgan fingerprint density at radius 1 is 1.48 bits per heavy atom. The smallest absolute Gasteiger partial charge is 0.338 e. The number of fused-ring (bicyclic) bond motifs is 1. The molecule has 1 N–H and O–H groups in total. The normalized spacial score (nSPS) is 16.5. The third-order valence-corrected chi connectivity index (χ3v) is 3.78. The van der Waals surface area contributed by atoms with Gasteiger partial charge in [0, 0.05) is 10.7 Å². The van der Waals surface area contributed by atoms with E-state index in [-0.39, 0.29) is 6.61 Å². The predicted octanol–water partition coefficient (Wildman–Crippen LogP) is 2.95. The van der Waals surface area contributed by atoms with Crippen LogP contribution in [0.5, 0.6) is 0 Å². The van der Waals surface area contributed by atoms with E-state index in [1.807, 2.05) is 19.1 Å². The molecule has 1 aliphatic rings. The van der Waals surface area contributed by atoms with Crippen LogP contribution in [0.4, 0.5) is 5.95 Å². The van der Waals surface area contributed by atoms with Crippen molar-refractivity contribution in [3.63, 3.8) is 0 Å². The van der Waals surface area contributed by atoms with Crippen molar-refractivity contribution in [2.75, 3.05) is 11.9 Å². The zero-order chi connectivity index (χ0) is 16.4. The molecule has 118 valence electrons. The largest absolute Gasteiger partial charge is 0.458 e. The van der Waals surface area contributed by atoms with Gasteiger partial charge >= 0.3 is 5.97 Å². The first kappa shape index (κ1) is 15.3. The van der Waals surface area contributed by atoms with Crippen LogP contribution >= 0.6 is 11.6 Å². The number of nitrogens with one attached hydrogen (secondary N) is 1. The molecule has 0 saturated carbocycles. The highest BCUT2D eigenvalue weighted by Crippen LogP contribution is 2.35. The summed E-state index contributed by atoms with van der Waals surface area (Å²) in [5, 5.41) is 7.93. The number of ether oxygens (including phenoxy) is 1. The highest BCUT2D eigenvalue weighted by Gasteiger charge is 2.34. The lowest BCUT2D eigenvalue weighted by Gasteiger charge is -2.28. The van der Waals surface area contributed by atoms with Crippen LogP contribution in [-0.2, 0) is 9.53 Å². The van der Waals surface area contributed by atoms with Crippen LogP contribution in [0.2, 0.25) is 5.02 Å². The zero-order valence-electron chi connectivity index (χ0n) is 12.5. The van der Waals surface area contributed by atoms with Crippen molar-refractivity contribution in [1.82, 2.24) is 14.8 Å². The van der Waals surface area contributed by atoms with E-state index < -0.39 is 12.0 Å². The first-order chi connectivity index (χ1) is 11.1. The first-order valence-corrected chi connectivity index (χ1v) is 7.40. The average molecular weight is 331 g/mol. The Labute approximate surface area is 138 Å². The first-order valence-electron chi connectivity index (χ1n) is 7.02. The molecule has 0 saturated heterocycles. The fraction of sp³-hybridized carbons (Fsp3) is 0.188. The molecule has 0 fully saturated rings. The van der Waals surface area contributed by atoms with E-state index in [0.29, 0.717) is 22.2 Å². The van der Waals surface area contributed by atoms with Crippen LogP contribution in [0, 0.1) is 0 Å². The number of esters is 1. The van der Waals surface area contributed by atoms with Gasteiger partial charge in [-0.15, -0.1) is 0 Å². The second kappa shape index (κ2) is 6.26. The van der Waals surface area contributed by atoms with E-state index >= 15 is 0 Å². The Hall–Kier alpha value is -2.60. The summed E-state index contributed by atoms with van der Waals surface area (Å²) in [5.41, 5.74) is 2.03. The highest BCUT2D eigenvalue weighted by molar-refractivity contribution is 6.30. The Kier molecular flexibility index (Phi) is 4.16. The van der Waals surface area contributed by atoms with Gasteiger partial charge in [0.2, 0.25) is 5.95 Å². The van der Waals surface area contributed by atoms with Crippen molar-refractivity contribution in [2.45, 2.75) is 13.0 Å². The molecule has 2 aromatic rings. The summed E-state index contributed by atoms with van der Waals surface area (Å²) in [7, 11) is 0. The Morgan fingerprint density at radius 2 is 2.22 bits per heavy atom. The molecule has 0 amide bonds. The van der Waals surface area contributed by atoms with Crippen molar-refractivity contribution >= 4 is 23.5 Å². The lowest BCUT2D eigenvalue weighted by atomic mass is 9.96. The second-order valence-corrected chi connectivity index (χ2v) is 5.47. The van der Waals surface area contributed by atoms with Crippen LogP contribution in [-0.4, -0.2) is 27.3 Å². The number of hydrogen-bond donors (Lipinski definition) is 1. The fourth-order valence-electron chi connectivity index (χ4n) is 2.52. The van der Waals surface area contributed by atoms with Gasteiger partial charge in [-0.05, 0) is 24.6 Å². The number of aromatic nitrogens is 3. The van der Waals surface area contributed by atoms with Gasteiger partial charge in [-0.25, -0.2) is 9.48 Å². The van der Waals surface area contributed by atoms with Gasteiger partial charge in [-0.2, -0.15) is 10.1 Å². The van der Waals surface area contributed by atoms with Crippen LogP contribution in [0.25, 0.3) is 0 Å². The van der Waals surface area contributed by atoms with E-state index in [4.69, 9.17) is 16.3 Å². The maximum absolute atomic E-state index is 12.5. The summed E-state index contributed by atoms with van der Waals surface area (Å²) in [5.74, 6) is 0.152. The number of hydrogen-bond acceptors (Lipinski definition) is 5. The Morgan fingerprint density at radius 3 is 2.91 bits per heavy atom. The molecule has 23 heavy (non-hydrogen) atoms. The Balaban J connectivity index is 2.08. The molecule has 2 heterocycles. The van der Waals surface area contributed by atoms with Crippen molar-refractivity contribution in [1.29, 1.82) is 0 Å². The summed E-state index contributed by atoms with van der Waals surface area (Å²) in [6, 6.07) is 6.84. The van der Waals surface area contributed by atoms with Crippen LogP contribution in [0.1, 0.15) is 18.5 Å². The van der Waals surface area contributed by atoms with Crippen molar-refractivity contribution in [2.24, 2.45) is 0 Å². The average Bonchev–Trinajstić information content (AvgIpc) is 3.00. The minimum atomic E-state index is -0.427. The molecular weight excluding hydrogens is 316 g/mol. The summed E-state index contributed by atoms with van der Waals surface area (Å²) >= 11 is 5.96. The van der Waals surface area contributed by atoms with Gasteiger partial charge in [0.1, 0.15) is 19.0 Å². The molecule has 0 radical (unpaired) electrons. The molecule has 1 aromatic carbocycles. The van der Waals surface area contributed by atoms with Crippen LogP contribution in [0.3, 0.4) is 0 Å². The maximum Gasteiger partial charge on any atom is 0.338 e. The summed E-state index contributed by atoms with van der Waals surface area (Å²) in [6.45, 7) is 5.52. The number of anilines is 1. The highest BCUT2D eigenvalue weighted by atomic mass is 35.5. The molecule has 1 aliphatic heterocycles. The third-order valence-electron chi connectivity index (χ3n) is 3.53. The van der Waals surface area contributed by atoms with Gasteiger partial charge in [-0.3, -0.25) is 0 Å². The van der Waals surface area contributed by atoms with Gasteiger partial charge in [0.25, 0.3) is 0 Å². The number of carbonyl (C=O) groups excluding carboxylic acids is 1. The third kappa shape index (κ3) is 2.85. The quantitative estimate of drug-likeness (QED) is 0.689. The lowest BCUT2D eigenvalue weighted by molar-refractivity contribution is -0.138. The molecule has 3 rings (SSSR count). The number of carbonyl (C=O) groups is 1. The molecule has 7 heteroatoms. The van der Waals surface area contributed by atoms with Gasteiger partial charge in [-0.1, -0.05) is 36.4 Å². The van der Waals surface area contributed by atoms with Crippen LogP contribution in [0.15, 0.2) is 54.5 Å². The monoisotopic (exact) mass is 330 g/mol. The van der Waals surface area contributed by atoms with E-state index in [9.17, 15) is 4.79 Å². The standard InChI is InChI=1S/C16H15ClN4O2/c1-3-8-23-15(22)13-10(2)20-16-18-9-19-21(16)14(13)11-4-6-12(17)7-5-11/h3-7,9,14H,1,8H2,2H3,(H,18,19,20)/t14-/m0/s1. The summed E-state index contributed by atoms with van der Waals surface area (Å²) < 4.78 is 6.88. The fourth-order valence-corrected chi connectivity index (χ4v) is 2.65. The predicted molar refractivity (Wildman–Crippen MR) is 87.1 cm³/mol. The molecule has 0 bridgehead atoms. The number of halogens is 1. The SMILES string of the molecule is C=CCOC(=O)C1=C(C)Nc2ncnn2[C@H]1c1ccc(Cl)cc1. The number of allylic oxidation sites excluding steroid dienone is 1. The van der Waals surface area contributed by atoms with Gasteiger partial charge < -0.3 is 10.1 Å². The van der Waals surface area contributed by atoms with E-state index in [0.717, 1.165) is 5.56 Å². The van der Waals surface area contributed by atoms with Gasteiger partial charge in [0.05, 0.1) is 5.57 Å². The van der Waals surface area contributed by atoms with E-state index in [1.165, 1.54) is 12.4 Å². The summed E-state index contributed by atoms with van der Waals surface area (Å²) in [6.07, 6.45) is 2.97. The maximum atomic E-state index is 12.5. The van der Waals surface area contributed by atoms with E-state index in [1.54, 1.807) is 16.8 Å². The number of benzene rings is 1. The minimum absolute atomic E-state index is 0.146. The molecule has 1 atom stereocenters. The lowest BCUT2D eigenvalue weighted by Crippen LogP contribution is -2.29. The Bertz CT molecular complexity index is 780. The van der Waals surface area contributed by atoms with Crippen molar-refractivity contribution < 1.29 is 9.53 Å². The number of rotatable bonds is 4. The van der Waals surface area contributed by atoms with Crippen molar-refractivity contribution in [3.8, 4) is 0 Å². The topological polar surface area (TPSA) is 69.0 Å². The molecule has 0 aliphatic carbocycles. The zero-order valence-corrected chi connectivity index (χ0v) is 13.2. The number of nitrogens with zero attached hydrogens (tertiary/aromatic N) is 3.